The molecule has 0 saturated carbocycles. The van der Waals surface area contributed by atoms with Crippen molar-refractivity contribution in [2.75, 3.05) is 18.1 Å². The summed E-state index contributed by atoms with van der Waals surface area (Å²) in [5.74, 6) is -1.44. The van der Waals surface area contributed by atoms with E-state index in [4.69, 9.17) is 24.3 Å². The van der Waals surface area contributed by atoms with Gasteiger partial charge in [-0.1, -0.05) is 0 Å². The number of ether oxygens (including phenoxy) is 3. The Morgan fingerprint density at radius 3 is 2.80 bits per heavy atom. The fourth-order valence-electron chi connectivity index (χ4n) is 6.34. The van der Waals surface area contributed by atoms with Crippen molar-refractivity contribution in [2.45, 2.75) is 62.5 Å². The lowest BCUT2D eigenvalue weighted by Crippen LogP contribution is -2.54. The summed E-state index contributed by atoms with van der Waals surface area (Å²) in [6.45, 7) is 2.68. The number of hydrogen-bond acceptors (Lipinski definition) is 7. The summed E-state index contributed by atoms with van der Waals surface area (Å²) < 4.78 is 59.0. The molecule has 4 fully saturated rings. The van der Waals surface area contributed by atoms with E-state index < -0.39 is 46.6 Å². The number of anilines is 1. The van der Waals surface area contributed by atoms with Crippen molar-refractivity contribution in [1.82, 2.24) is 5.48 Å². The van der Waals surface area contributed by atoms with Gasteiger partial charge in [-0.25, -0.2) is 4.84 Å². The van der Waals surface area contributed by atoms with Gasteiger partial charge in [0.05, 0.1) is 46.9 Å². The van der Waals surface area contributed by atoms with Crippen LogP contribution in [0.15, 0.2) is 30.0 Å². The van der Waals surface area contributed by atoms with Crippen molar-refractivity contribution in [2.24, 2.45) is 11.8 Å². The van der Waals surface area contributed by atoms with E-state index in [-0.39, 0.29) is 24.5 Å². The maximum Gasteiger partial charge on any atom is 0.417 e. The minimum Gasteiger partial charge on any atom is -0.357 e. The number of rotatable bonds is 4. The number of halogens is 3. The molecule has 6 atom stereocenters. The molecule has 1 unspecified atom stereocenters. The third-order valence-corrected chi connectivity index (χ3v) is 7.78. The maximum absolute atomic E-state index is 13.7. The lowest BCUT2D eigenvalue weighted by molar-refractivity contribution is -0.199. The van der Waals surface area contributed by atoms with E-state index in [1.165, 1.54) is 11.0 Å². The normalized spacial score (nSPS) is 37.7. The fourth-order valence-corrected chi connectivity index (χ4v) is 6.34. The van der Waals surface area contributed by atoms with E-state index in [1.54, 1.807) is 6.07 Å². The van der Waals surface area contributed by atoms with E-state index in [0.29, 0.717) is 18.7 Å². The second-order valence-electron chi connectivity index (χ2n) is 9.81. The van der Waals surface area contributed by atoms with Crippen molar-refractivity contribution in [3.05, 3.63) is 41.1 Å². The van der Waals surface area contributed by atoms with Crippen LogP contribution < -0.4 is 10.4 Å². The van der Waals surface area contributed by atoms with Crippen LogP contribution in [-0.2, 0) is 30.0 Å². The summed E-state index contributed by atoms with van der Waals surface area (Å²) in [6.07, 6.45) is -0.875. The number of carbonyl (C=O) groups is 1. The molecule has 186 valence electrons. The molecule has 5 aliphatic heterocycles. The quantitative estimate of drug-likeness (QED) is 0.646. The van der Waals surface area contributed by atoms with Crippen LogP contribution in [0.5, 0.6) is 0 Å². The predicted molar refractivity (Wildman–Crippen MR) is 113 cm³/mol. The van der Waals surface area contributed by atoms with Crippen LogP contribution in [0.3, 0.4) is 0 Å². The molecule has 4 saturated heterocycles. The minimum absolute atomic E-state index is 0.0436. The second kappa shape index (κ2) is 7.67. The molecular weight excluding hydrogens is 467 g/mol. The lowest BCUT2D eigenvalue weighted by atomic mass is 9.68. The Bertz CT molecular complexity index is 1140. The summed E-state index contributed by atoms with van der Waals surface area (Å²) in [5.41, 5.74) is 0.311. The molecule has 2 bridgehead atoms. The standard InChI is InChI=1S/C24H24F3N3O5/c1-22-11-16(29-34-17-4-2-3-8-32-17)23(35-22)7-9-33-21-19(23)18(22)20(31)30(21)14-6-5-13(12-28)15(10-14)24(25,26)27/h5-6,10-11,17-19,21,29H,2-4,7-9H2,1H3/t17?,18-,19+,21+,22-,23+/m1/s1. The second-order valence-corrected chi connectivity index (χ2v) is 9.81. The highest BCUT2D eigenvalue weighted by Gasteiger charge is 2.76. The van der Waals surface area contributed by atoms with Gasteiger partial charge in [-0.2, -0.15) is 18.4 Å². The van der Waals surface area contributed by atoms with Crippen molar-refractivity contribution >= 4 is 11.6 Å². The fraction of sp³-hybridized carbons (Fsp3) is 0.583. The van der Waals surface area contributed by atoms with Crippen LogP contribution in [0.25, 0.3) is 0 Å². The minimum atomic E-state index is -4.74. The first-order chi connectivity index (χ1) is 16.7. The molecule has 5 heterocycles. The molecule has 1 spiro atoms. The largest absolute Gasteiger partial charge is 0.417 e. The number of amides is 1. The maximum atomic E-state index is 13.7. The number of nitriles is 1. The van der Waals surface area contributed by atoms with Gasteiger partial charge in [0, 0.05) is 25.1 Å². The van der Waals surface area contributed by atoms with E-state index in [9.17, 15) is 18.0 Å². The molecule has 1 amide bonds. The Balaban J connectivity index is 1.34. The first-order valence-corrected chi connectivity index (χ1v) is 11.7. The number of hydrogen-bond donors (Lipinski definition) is 1. The molecule has 35 heavy (non-hydrogen) atoms. The zero-order valence-corrected chi connectivity index (χ0v) is 18.9. The molecule has 5 aliphatic rings. The summed E-state index contributed by atoms with van der Waals surface area (Å²) in [5, 5.41) is 9.14. The Hall–Kier alpha value is -2.65. The average molecular weight is 491 g/mol. The van der Waals surface area contributed by atoms with Gasteiger partial charge in [-0.15, -0.1) is 0 Å². The number of alkyl halides is 3. The molecule has 0 aliphatic carbocycles. The molecule has 1 N–H and O–H groups in total. The highest BCUT2D eigenvalue weighted by Crippen LogP contribution is 2.64. The molecule has 11 heteroatoms. The summed E-state index contributed by atoms with van der Waals surface area (Å²) in [7, 11) is 0. The smallest absolute Gasteiger partial charge is 0.357 e. The molecule has 0 aromatic heterocycles. The van der Waals surface area contributed by atoms with Gasteiger partial charge >= 0.3 is 6.18 Å². The number of hydroxylamine groups is 1. The Kier molecular flexibility index (Phi) is 5.00. The van der Waals surface area contributed by atoms with Gasteiger partial charge in [-0.3, -0.25) is 15.2 Å². The van der Waals surface area contributed by atoms with Crippen LogP contribution in [0.2, 0.25) is 0 Å². The molecule has 0 radical (unpaired) electrons. The average Bonchev–Trinajstić information content (AvgIpc) is 3.40. The van der Waals surface area contributed by atoms with Crippen molar-refractivity contribution in [3.63, 3.8) is 0 Å². The molecule has 1 aromatic rings. The summed E-state index contributed by atoms with van der Waals surface area (Å²) in [4.78, 5) is 20.8. The Morgan fingerprint density at radius 2 is 2.09 bits per heavy atom. The topological polar surface area (TPSA) is 93.0 Å². The van der Waals surface area contributed by atoms with E-state index in [1.807, 2.05) is 13.0 Å². The molecule has 8 nitrogen and oxygen atoms in total. The van der Waals surface area contributed by atoms with Crippen LogP contribution in [0.4, 0.5) is 18.9 Å². The summed E-state index contributed by atoms with van der Waals surface area (Å²) >= 11 is 0. The Labute approximate surface area is 199 Å². The van der Waals surface area contributed by atoms with Gasteiger partial charge < -0.3 is 14.2 Å². The van der Waals surface area contributed by atoms with E-state index >= 15 is 0 Å². The number of nitrogens with one attached hydrogen (secondary N) is 1. The van der Waals surface area contributed by atoms with E-state index in [2.05, 4.69) is 5.48 Å². The van der Waals surface area contributed by atoms with Gasteiger partial charge in [0.25, 0.3) is 0 Å². The summed E-state index contributed by atoms with van der Waals surface area (Å²) in [6, 6.07) is 4.88. The van der Waals surface area contributed by atoms with Gasteiger partial charge in [-0.05, 0) is 44.0 Å². The van der Waals surface area contributed by atoms with Crippen LogP contribution in [0, 0.1) is 23.2 Å². The first-order valence-electron chi connectivity index (χ1n) is 11.7. The van der Waals surface area contributed by atoms with Crippen molar-refractivity contribution in [1.29, 1.82) is 5.26 Å². The highest BCUT2D eigenvalue weighted by atomic mass is 19.4. The zero-order valence-electron chi connectivity index (χ0n) is 18.9. The first kappa shape index (κ1) is 22.8. The number of benzene rings is 1. The SMILES string of the molecule is C[C@@]12C=C(NOC3CCCCO3)[C@]3(CCO[C@H]4[C@@H]3[C@@H]1C(=O)N4c1ccc(C#N)c(C(F)(F)F)c1)O2. The van der Waals surface area contributed by atoms with Crippen molar-refractivity contribution in [3.8, 4) is 6.07 Å². The lowest BCUT2D eigenvalue weighted by Gasteiger charge is -2.43. The predicted octanol–water partition coefficient (Wildman–Crippen LogP) is 3.38. The van der Waals surface area contributed by atoms with Crippen LogP contribution >= 0.6 is 0 Å². The third-order valence-electron chi connectivity index (χ3n) is 7.78. The molecule has 1 aromatic carbocycles. The van der Waals surface area contributed by atoms with Crippen molar-refractivity contribution < 1.29 is 37.0 Å². The third kappa shape index (κ3) is 3.24. The number of nitrogens with zero attached hydrogens (tertiary/aromatic N) is 2. The zero-order chi connectivity index (χ0) is 24.6. The monoisotopic (exact) mass is 491 g/mol. The molecular formula is C24H24F3N3O5. The van der Waals surface area contributed by atoms with Gasteiger partial charge in [0.15, 0.2) is 6.29 Å². The number of fused-ring (bicyclic) bond motifs is 2. The van der Waals surface area contributed by atoms with Gasteiger partial charge in [0.2, 0.25) is 5.91 Å². The Morgan fingerprint density at radius 1 is 1.26 bits per heavy atom. The molecule has 6 rings (SSSR count). The van der Waals surface area contributed by atoms with E-state index in [0.717, 1.165) is 31.4 Å². The number of carbonyl (C=O) groups excluding carboxylic acids is 1. The van der Waals surface area contributed by atoms with Crippen LogP contribution in [0.1, 0.15) is 43.7 Å². The van der Waals surface area contributed by atoms with Gasteiger partial charge in [0.1, 0.15) is 11.8 Å². The van der Waals surface area contributed by atoms with Crippen LogP contribution in [-0.4, -0.2) is 42.8 Å². The highest BCUT2D eigenvalue weighted by molar-refractivity contribution is 6.00.